The molecule has 1 heterocycles. The van der Waals surface area contributed by atoms with Crippen LogP contribution in [0.15, 0.2) is 18.2 Å². The third kappa shape index (κ3) is 3.40. The Morgan fingerprint density at radius 1 is 1.20 bits per heavy atom. The molecule has 0 unspecified atom stereocenters. The molecule has 6 nitrogen and oxygen atoms in total. The minimum absolute atomic E-state index is 0.0377. The van der Waals surface area contributed by atoms with Gasteiger partial charge in [-0.3, -0.25) is 9.59 Å². The van der Waals surface area contributed by atoms with E-state index in [9.17, 15) is 14.4 Å². The van der Waals surface area contributed by atoms with Gasteiger partial charge in [0.1, 0.15) is 5.75 Å². The van der Waals surface area contributed by atoms with Crippen molar-refractivity contribution in [2.24, 2.45) is 0 Å². The van der Waals surface area contributed by atoms with Crippen LogP contribution in [0.25, 0.3) is 0 Å². The van der Waals surface area contributed by atoms with Gasteiger partial charge in [-0.15, -0.1) is 5.06 Å². The van der Waals surface area contributed by atoms with Crippen molar-refractivity contribution in [3.05, 3.63) is 28.2 Å². The number of ether oxygens (including phenoxy) is 1. The molecule has 1 aliphatic heterocycles. The van der Waals surface area contributed by atoms with Crippen LogP contribution in [0.1, 0.15) is 12.8 Å². The van der Waals surface area contributed by atoms with Crippen LogP contribution in [-0.4, -0.2) is 29.5 Å². The van der Waals surface area contributed by atoms with Crippen LogP contribution in [0.4, 0.5) is 0 Å². The highest BCUT2D eigenvalue weighted by Crippen LogP contribution is 2.27. The summed E-state index contributed by atoms with van der Waals surface area (Å²) in [6.07, 6.45) is 0.0754. The summed E-state index contributed by atoms with van der Waals surface area (Å²) in [6.45, 7) is -0.488. The molecule has 1 fully saturated rings. The zero-order valence-electron chi connectivity index (χ0n) is 10.1. The highest BCUT2D eigenvalue weighted by molar-refractivity contribution is 6.35. The number of hydroxylamine groups is 2. The summed E-state index contributed by atoms with van der Waals surface area (Å²) in [4.78, 5) is 38.6. The molecule has 0 spiro atoms. The first-order chi connectivity index (χ1) is 9.47. The van der Waals surface area contributed by atoms with Gasteiger partial charge in [-0.1, -0.05) is 23.2 Å². The van der Waals surface area contributed by atoms with Gasteiger partial charge in [0.2, 0.25) is 0 Å². The van der Waals surface area contributed by atoms with Gasteiger partial charge in [0.25, 0.3) is 11.8 Å². The SMILES string of the molecule is O=C(COc1ccc(Cl)cc1Cl)ON1C(=O)CCC1=O. The van der Waals surface area contributed by atoms with Crippen molar-refractivity contribution in [2.45, 2.75) is 12.8 Å². The van der Waals surface area contributed by atoms with E-state index in [0.29, 0.717) is 10.1 Å². The van der Waals surface area contributed by atoms with Crippen molar-refractivity contribution in [2.75, 3.05) is 6.61 Å². The molecular formula is C12H9Cl2NO5. The summed E-state index contributed by atoms with van der Waals surface area (Å²) in [6, 6.07) is 4.49. The van der Waals surface area contributed by atoms with Crippen LogP contribution >= 0.6 is 23.2 Å². The lowest BCUT2D eigenvalue weighted by atomic mass is 10.3. The average Bonchev–Trinajstić information content (AvgIpc) is 2.69. The van der Waals surface area contributed by atoms with Crippen molar-refractivity contribution in [1.29, 1.82) is 0 Å². The third-order valence-corrected chi connectivity index (χ3v) is 2.97. The van der Waals surface area contributed by atoms with Crippen LogP contribution in [0.5, 0.6) is 5.75 Å². The first kappa shape index (κ1) is 14.6. The summed E-state index contributed by atoms with van der Waals surface area (Å²) in [5.74, 6) is -1.73. The predicted octanol–water partition coefficient (Wildman–Crippen LogP) is 1.98. The number of hydrogen-bond donors (Lipinski definition) is 0. The Hall–Kier alpha value is -1.79. The van der Waals surface area contributed by atoms with Gasteiger partial charge in [0.15, 0.2) is 6.61 Å². The predicted molar refractivity (Wildman–Crippen MR) is 69.1 cm³/mol. The molecule has 1 aromatic rings. The Bertz CT molecular complexity index is 559. The fourth-order valence-corrected chi connectivity index (χ4v) is 1.98. The van der Waals surface area contributed by atoms with Crippen LogP contribution in [-0.2, 0) is 19.2 Å². The lowest BCUT2D eigenvalue weighted by Crippen LogP contribution is -2.33. The Labute approximate surface area is 124 Å². The molecule has 2 rings (SSSR count). The van der Waals surface area contributed by atoms with Gasteiger partial charge in [0, 0.05) is 17.9 Å². The number of imide groups is 1. The first-order valence-corrected chi connectivity index (χ1v) is 6.37. The minimum atomic E-state index is -0.875. The van der Waals surface area contributed by atoms with E-state index >= 15 is 0 Å². The minimum Gasteiger partial charge on any atom is -0.480 e. The van der Waals surface area contributed by atoms with Gasteiger partial charge >= 0.3 is 5.97 Å². The zero-order chi connectivity index (χ0) is 14.7. The number of nitrogens with zero attached hydrogens (tertiary/aromatic N) is 1. The van der Waals surface area contributed by atoms with Crippen molar-refractivity contribution in [3.8, 4) is 5.75 Å². The van der Waals surface area contributed by atoms with Crippen LogP contribution in [0, 0.1) is 0 Å². The molecule has 8 heteroatoms. The largest absolute Gasteiger partial charge is 0.480 e. The van der Waals surface area contributed by atoms with E-state index in [0.717, 1.165) is 0 Å². The fraction of sp³-hybridized carbons (Fsp3) is 0.250. The second kappa shape index (κ2) is 6.11. The Morgan fingerprint density at radius 3 is 2.45 bits per heavy atom. The molecule has 0 aromatic heterocycles. The van der Waals surface area contributed by atoms with E-state index < -0.39 is 24.4 Å². The van der Waals surface area contributed by atoms with Crippen LogP contribution in [0.3, 0.4) is 0 Å². The highest BCUT2D eigenvalue weighted by Gasteiger charge is 2.32. The van der Waals surface area contributed by atoms with E-state index in [1.54, 1.807) is 6.07 Å². The van der Waals surface area contributed by atoms with Crippen molar-refractivity contribution >= 4 is 41.0 Å². The lowest BCUT2D eigenvalue weighted by Gasteiger charge is -2.13. The van der Waals surface area contributed by atoms with Crippen LogP contribution in [0.2, 0.25) is 10.0 Å². The number of amides is 2. The van der Waals surface area contributed by atoms with Gasteiger partial charge in [-0.2, -0.15) is 0 Å². The lowest BCUT2D eigenvalue weighted by molar-refractivity contribution is -0.198. The number of rotatable bonds is 4. The Morgan fingerprint density at radius 2 is 1.85 bits per heavy atom. The summed E-state index contributed by atoms with van der Waals surface area (Å²) in [5, 5.41) is 1.12. The number of hydrogen-bond acceptors (Lipinski definition) is 5. The molecule has 20 heavy (non-hydrogen) atoms. The maximum absolute atomic E-state index is 11.5. The molecule has 1 aliphatic rings. The average molecular weight is 318 g/mol. The smallest absolute Gasteiger partial charge is 0.370 e. The molecule has 0 atom stereocenters. The molecule has 0 bridgehead atoms. The van der Waals surface area contributed by atoms with Gasteiger partial charge in [-0.05, 0) is 18.2 Å². The molecule has 0 saturated carbocycles. The third-order valence-electron chi connectivity index (χ3n) is 2.44. The highest BCUT2D eigenvalue weighted by atomic mass is 35.5. The van der Waals surface area contributed by atoms with Gasteiger partial charge in [-0.25, -0.2) is 4.79 Å². The maximum Gasteiger partial charge on any atom is 0.370 e. The standard InChI is InChI=1S/C12H9Cl2NO5/c13-7-1-2-9(8(14)5-7)19-6-12(18)20-15-10(16)3-4-11(15)17/h1-2,5H,3-4,6H2. The summed E-state index contributed by atoms with van der Waals surface area (Å²) < 4.78 is 5.12. The van der Waals surface area contributed by atoms with Crippen molar-refractivity contribution in [1.82, 2.24) is 5.06 Å². The molecule has 2 amide bonds. The summed E-state index contributed by atoms with van der Waals surface area (Å²) in [7, 11) is 0. The molecule has 1 aromatic carbocycles. The normalized spacial score (nSPS) is 14.6. The second-order valence-corrected chi connectivity index (χ2v) is 4.75. The Kier molecular flexibility index (Phi) is 4.46. The molecular weight excluding hydrogens is 309 g/mol. The summed E-state index contributed by atoms with van der Waals surface area (Å²) >= 11 is 11.6. The first-order valence-electron chi connectivity index (χ1n) is 5.62. The molecule has 0 radical (unpaired) electrons. The van der Waals surface area contributed by atoms with Gasteiger partial charge < -0.3 is 9.57 Å². The fourth-order valence-electron chi connectivity index (χ4n) is 1.51. The quantitative estimate of drug-likeness (QED) is 0.794. The number of halogens is 2. The molecule has 106 valence electrons. The molecule has 0 N–H and O–H groups in total. The second-order valence-electron chi connectivity index (χ2n) is 3.91. The van der Waals surface area contributed by atoms with Crippen molar-refractivity contribution in [3.63, 3.8) is 0 Å². The number of carbonyl (C=O) groups is 3. The van der Waals surface area contributed by atoms with E-state index in [1.807, 2.05) is 0 Å². The van der Waals surface area contributed by atoms with Gasteiger partial charge in [0.05, 0.1) is 5.02 Å². The maximum atomic E-state index is 11.5. The van der Waals surface area contributed by atoms with E-state index in [4.69, 9.17) is 27.9 Å². The number of benzene rings is 1. The number of carbonyl (C=O) groups excluding carboxylic acids is 3. The zero-order valence-corrected chi connectivity index (χ0v) is 11.6. The van der Waals surface area contributed by atoms with E-state index in [-0.39, 0.29) is 23.6 Å². The van der Waals surface area contributed by atoms with Crippen LogP contribution < -0.4 is 4.74 Å². The van der Waals surface area contributed by atoms with E-state index in [1.165, 1.54) is 12.1 Å². The Balaban J connectivity index is 1.89. The molecule has 0 aliphatic carbocycles. The monoisotopic (exact) mass is 317 g/mol. The summed E-state index contributed by atoms with van der Waals surface area (Å²) in [5.41, 5.74) is 0. The van der Waals surface area contributed by atoms with Crippen molar-refractivity contribution < 1.29 is 24.0 Å². The molecule has 1 saturated heterocycles. The topological polar surface area (TPSA) is 72.9 Å². The van der Waals surface area contributed by atoms with E-state index in [2.05, 4.69) is 4.84 Å².